The highest BCUT2D eigenvalue weighted by Gasteiger charge is 2.53. The predicted molar refractivity (Wildman–Crippen MR) is 71.5 cm³/mol. The Kier molecular flexibility index (Phi) is 6.65. The van der Waals surface area contributed by atoms with Crippen LogP contribution < -0.4 is 0 Å². The summed E-state index contributed by atoms with van der Waals surface area (Å²) in [5.41, 5.74) is 0. The van der Waals surface area contributed by atoms with E-state index in [4.69, 9.17) is 4.74 Å². The number of aliphatic hydroxyl groups is 5. The van der Waals surface area contributed by atoms with Crippen molar-refractivity contribution in [1.29, 1.82) is 0 Å². The molecule has 6 nitrogen and oxygen atoms in total. The van der Waals surface area contributed by atoms with E-state index in [9.17, 15) is 25.5 Å². The minimum atomic E-state index is -1.95. The molecule has 0 amide bonds. The van der Waals surface area contributed by atoms with E-state index in [0.717, 1.165) is 19.3 Å². The molecule has 1 aliphatic rings. The zero-order valence-electron chi connectivity index (χ0n) is 10.9. The lowest BCUT2D eigenvalue weighted by molar-refractivity contribution is -0.353. The fourth-order valence-corrected chi connectivity index (χ4v) is 2.67. The Morgan fingerprint density at radius 2 is 1.79 bits per heavy atom. The first-order valence-corrected chi connectivity index (χ1v) is 7.51. The fourth-order valence-electron chi connectivity index (χ4n) is 2.25. The maximum absolute atomic E-state index is 10.3. The molecule has 0 radical (unpaired) electrons. The molecule has 0 spiro atoms. The molecule has 0 aliphatic carbocycles. The van der Waals surface area contributed by atoms with Crippen LogP contribution in [0.5, 0.6) is 0 Å². The Morgan fingerprint density at radius 1 is 1.16 bits per heavy atom. The van der Waals surface area contributed by atoms with Gasteiger partial charge >= 0.3 is 0 Å². The molecular formula is C12H23BrO6. The lowest BCUT2D eigenvalue weighted by Gasteiger charge is -2.46. The van der Waals surface area contributed by atoms with Crippen molar-refractivity contribution < 1.29 is 30.3 Å². The zero-order valence-corrected chi connectivity index (χ0v) is 12.5. The molecule has 1 rings (SSSR count). The zero-order chi connectivity index (χ0) is 14.6. The SMILES string of the molecule is CCCCCCC1(O)O[C@H](C(O)Br)[C@@H](O)[C@H](O)[C@@H]1O. The molecule has 0 aromatic heterocycles. The molecule has 0 aromatic carbocycles. The van der Waals surface area contributed by atoms with E-state index in [0.29, 0.717) is 6.42 Å². The molecule has 1 heterocycles. The van der Waals surface area contributed by atoms with Crippen LogP contribution in [0, 0.1) is 0 Å². The topological polar surface area (TPSA) is 110 Å². The van der Waals surface area contributed by atoms with Crippen molar-refractivity contribution in [3.05, 3.63) is 0 Å². The van der Waals surface area contributed by atoms with Gasteiger partial charge in [0.1, 0.15) is 29.4 Å². The molecule has 1 saturated heterocycles. The van der Waals surface area contributed by atoms with Crippen molar-refractivity contribution in [2.45, 2.75) is 74.2 Å². The summed E-state index contributed by atoms with van der Waals surface area (Å²) in [5.74, 6) is -1.95. The first-order valence-electron chi connectivity index (χ1n) is 6.60. The van der Waals surface area contributed by atoms with Gasteiger partial charge in [0.05, 0.1) is 0 Å². The Morgan fingerprint density at radius 3 is 2.32 bits per heavy atom. The van der Waals surface area contributed by atoms with Gasteiger partial charge in [0, 0.05) is 6.42 Å². The van der Waals surface area contributed by atoms with Crippen molar-refractivity contribution in [3.8, 4) is 0 Å². The lowest BCUT2D eigenvalue weighted by Crippen LogP contribution is -2.66. The number of halogens is 1. The average molecular weight is 343 g/mol. The van der Waals surface area contributed by atoms with Gasteiger partial charge in [-0.3, -0.25) is 0 Å². The number of hydrogen-bond donors (Lipinski definition) is 5. The average Bonchev–Trinajstić information content (AvgIpc) is 2.37. The number of aliphatic hydroxyl groups excluding tert-OH is 4. The third-order valence-electron chi connectivity index (χ3n) is 3.47. The summed E-state index contributed by atoms with van der Waals surface area (Å²) in [4.78, 5) is 0. The van der Waals surface area contributed by atoms with Crippen molar-refractivity contribution in [2.24, 2.45) is 0 Å². The monoisotopic (exact) mass is 342 g/mol. The predicted octanol–water partition coefficient (Wildman–Crippen LogP) is -0.160. The highest BCUT2D eigenvalue weighted by Crippen LogP contribution is 2.34. The molecular weight excluding hydrogens is 320 g/mol. The van der Waals surface area contributed by atoms with Crippen LogP contribution >= 0.6 is 15.9 Å². The second-order valence-electron chi connectivity index (χ2n) is 5.04. The summed E-state index contributed by atoms with van der Waals surface area (Å²) >= 11 is 2.84. The molecule has 114 valence electrons. The third kappa shape index (κ3) is 4.10. The quantitative estimate of drug-likeness (QED) is 0.339. The molecule has 5 N–H and O–H groups in total. The summed E-state index contributed by atoms with van der Waals surface area (Å²) in [7, 11) is 0. The van der Waals surface area contributed by atoms with Crippen LogP contribution in [0.3, 0.4) is 0 Å². The van der Waals surface area contributed by atoms with Crippen LogP contribution in [0.2, 0.25) is 0 Å². The van der Waals surface area contributed by atoms with E-state index in [1.807, 2.05) is 0 Å². The summed E-state index contributed by atoms with van der Waals surface area (Å²) < 4.78 is 5.21. The molecule has 0 saturated carbocycles. The van der Waals surface area contributed by atoms with Gasteiger partial charge in [-0.15, -0.1) is 0 Å². The van der Waals surface area contributed by atoms with E-state index in [2.05, 4.69) is 22.9 Å². The molecule has 0 aromatic rings. The number of ether oxygens (including phenoxy) is 1. The normalized spacial score (nSPS) is 41.2. The lowest BCUT2D eigenvalue weighted by atomic mass is 9.89. The maximum atomic E-state index is 10.3. The van der Waals surface area contributed by atoms with Crippen LogP contribution in [-0.2, 0) is 4.74 Å². The van der Waals surface area contributed by atoms with E-state index in [1.54, 1.807) is 0 Å². The van der Waals surface area contributed by atoms with Crippen LogP contribution in [0.1, 0.15) is 39.0 Å². The number of unbranched alkanes of at least 4 members (excludes halogenated alkanes) is 3. The van der Waals surface area contributed by atoms with E-state index in [-0.39, 0.29) is 6.42 Å². The van der Waals surface area contributed by atoms with Crippen LogP contribution in [0.4, 0.5) is 0 Å². The van der Waals surface area contributed by atoms with Gasteiger partial charge in [-0.1, -0.05) is 42.1 Å². The van der Waals surface area contributed by atoms with Crippen molar-refractivity contribution in [3.63, 3.8) is 0 Å². The summed E-state index contributed by atoms with van der Waals surface area (Å²) in [5, 5.41) is 47.7. The van der Waals surface area contributed by atoms with Gasteiger partial charge in [0.2, 0.25) is 0 Å². The van der Waals surface area contributed by atoms with Crippen molar-refractivity contribution in [2.75, 3.05) is 0 Å². The molecule has 1 fully saturated rings. The van der Waals surface area contributed by atoms with Crippen LogP contribution in [-0.4, -0.2) is 60.7 Å². The molecule has 6 atom stereocenters. The standard InChI is InChI=1S/C12H23BrO6/c1-2-3-4-5-6-12(18)10(16)8(15)7(14)9(19-12)11(13)17/h7-11,14-18H,2-6H2,1H3/t7-,8-,9-,10-,11?,12?/m0/s1. The molecule has 0 bridgehead atoms. The third-order valence-corrected chi connectivity index (χ3v) is 3.99. The maximum Gasteiger partial charge on any atom is 0.195 e. The summed E-state index contributed by atoms with van der Waals surface area (Å²) in [6, 6.07) is 0. The Labute approximate surface area is 121 Å². The van der Waals surface area contributed by atoms with Gasteiger partial charge in [-0.2, -0.15) is 0 Å². The minimum Gasteiger partial charge on any atom is -0.387 e. The first kappa shape index (κ1) is 17.3. The Hall–Kier alpha value is 0.240. The second-order valence-corrected chi connectivity index (χ2v) is 5.97. The Bertz CT molecular complexity index is 277. The number of alkyl halides is 1. The van der Waals surface area contributed by atoms with E-state index in [1.165, 1.54) is 0 Å². The fraction of sp³-hybridized carbons (Fsp3) is 1.00. The second kappa shape index (κ2) is 7.31. The van der Waals surface area contributed by atoms with Crippen molar-refractivity contribution in [1.82, 2.24) is 0 Å². The molecule has 19 heavy (non-hydrogen) atoms. The van der Waals surface area contributed by atoms with Gasteiger partial charge in [-0.05, 0) is 6.42 Å². The summed E-state index contributed by atoms with van der Waals surface area (Å²) in [6.45, 7) is 2.05. The Balaban J connectivity index is 2.69. The number of rotatable bonds is 6. The van der Waals surface area contributed by atoms with Crippen molar-refractivity contribution >= 4 is 15.9 Å². The molecule has 2 unspecified atom stereocenters. The minimum absolute atomic E-state index is 0.133. The van der Waals surface area contributed by atoms with Gasteiger partial charge in [0.25, 0.3) is 0 Å². The van der Waals surface area contributed by atoms with Crippen LogP contribution in [0.15, 0.2) is 0 Å². The van der Waals surface area contributed by atoms with E-state index >= 15 is 0 Å². The van der Waals surface area contributed by atoms with Crippen LogP contribution in [0.25, 0.3) is 0 Å². The van der Waals surface area contributed by atoms with Gasteiger partial charge < -0.3 is 30.3 Å². The highest BCUT2D eigenvalue weighted by atomic mass is 79.9. The van der Waals surface area contributed by atoms with Gasteiger partial charge in [-0.25, -0.2) is 0 Å². The molecule has 7 heteroatoms. The highest BCUT2D eigenvalue weighted by molar-refractivity contribution is 9.09. The smallest absolute Gasteiger partial charge is 0.195 e. The largest absolute Gasteiger partial charge is 0.387 e. The molecule has 1 aliphatic heterocycles. The van der Waals surface area contributed by atoms with E-state index < -0.39 is 35.2 Å². The van der Waals surface area contributed by atoms with Gasteiger partial charge in [0.15, 0.2) is 5.79 Å². The number of hydrogen-bond acceptors (Lipinski definition) is 6. The first-order chi connectivity index (χ1) is 8.83. The summed E-state index contributed by atoms with van der Waals surface area (Å²) in [6.07, 6.45) is -2.18.